The number of aliphatic imine (C=N–C) groups is 1. The van der Waals surface area contributed by atoms with Crippen LogP contribution in [0.4, 0.5) is 11.4 Å². The highest BCUT2D eigenvalue weighted by molar-refractivity contribution is 6.10. The normalized spacial score (nSPS) is 16.5. The molecule has 6 aromatic rings. The fourth-order valence-electron chi connectivity index (χ4n) is 5.96. The first kappa shape index (κ1) is 25.7. The van der Waals surface area contributed by atoms with Crippen molar-refractivity contribution in [3.8, 4) is 11.1 Å². The van der Waals surface area contributed by atoms with Gasteiger partial charge in [0.25, 0.3) is 0 Å². The van der Waals surface area contributed by atoms with Crippen LogP contribution in [-0.4, -0.2) is 17.0 Å². The summed E-state index contributed by atoms with van der Waals surface area (Å²) in [4.78, 5) is 8.02. The quantitative estimate of drug-likeness (QED) is 0.109. The van der Waals surface area contributed by atoms with Crippen molar-refractivity contribution in [2.24, 2.45) is 10.9 Å². The third-order valence-electron chi connectivity index (χ3n) is 8.13. The van der Waals surface area contributed by atoms with Gasteiger partial charge in [0.05, 0.1) is 0 Å². The molecule has 204 valence electrons. The van der Waals surface area contributed by atoms with Crippen LogP contribution in [0.15, 0.2) is 132 Å². The first-order chi connectivity index (χ1) is 20.6. The lowest BCUT2D eigenvalue weighted by atomic mass is 9.92. The number of hydrogen-bond donors (Lipinski definition) is 3. The molecule has 0 spiro atoms. The molecule has 7 rings (SSSR count). The van der Waals surface area contributed by atoms with E-state index in [1.54, 1.807) is 6.21 Å². The van der Waals surface area contributed by atoms with Crippen LogP contribution in [0.5, 0.6) is 0 Å². The number of benzene rings is 5. The zero-order chi connectivity index (χ0) is 28.5. The van der Waals surface area contributed by atoms with Gasteiger partial charge in [0.15, 0.2) is 5.84 Å². The van der Waals surface area contributed by atoms with Gasteiger partial charge in [-0.1, -0.05) is 104 Å². The molecule has 0 amide bonds. The second-order valence-electron chi connectivity index (χ2n) is 11.2. The van der Waals surface area contributed by atoms with Gasteiger partial charge in [0, 0.05) is 56.4 Å². The number of nitrogens with zero attached hydrogens (tertiary/aromatic N) is 1. The Bertz CT molecular complexity index is 1980. The van der Waals surface area contributed by atoms with Crippen molar-refractivity contribution in [1.82, 2.24) is 4.98 Å². The number of para-hydroxylation sites is 1. The Morgan fingerprint density at radius 1 is 0.810 bits per heavy atom. The predicted molar refractivity (Wildman–Crippen MR) is 177 cm³/mol. The van der Waals surface area contributed by atoms with Gasteiger partial charge in [0.2, 0.25) is 0 Å². The van der Waals surface area contributed by atoms with E-state index in [0.29, 0.717) is 11.8 Å². The van der Waals surface area contributed by atoms with Crippen LogP contribution in [0.25, 0.3) is 32.9 Å². The molecule has 42 heavy (non-hydrogen) atoms. The zero-order valence-corrected chi connectivity index (χ0v) is 23.5. The van der Waals surface area contributed by atoms with Gasteiger partial charge >= 0.3 is 0 Å². The monoisotopic (exact) mass is 544 g/mol. The molecular weight excluding hydrogens is 512 g/mol. The molecule has 0 saturated heterocycles. The summed E-state index contributed by atoms with van der Waals surface area (Å²) in [7, 11) is 0. The molecule has 4 heteroatoms. The number of aromatic amines is 1. The molecule has 3 N–H and O–H groups in total. The molecule has 0 saturated carbocycles. The molecule has 4 nitrogen and oxygen atoms in total. The molecule has 5 aromatic carbocycles. The number of allylic oxidation sites excluding steroid dienone is 2. The van der Waals surface area contributed by atoms with Crippen LogP contribution in [0.1, 0.15) is 36.0 Å². The topological polar surface area (TPSA) is 64.0 Å². The average molecular weight is 545 g/mol. The van der Waals surface area contributed by atoms with Crippen molar-refractivity contribution < 1.29 is 0 Å². The summed E-state index contributed by atoms with van der Waals surface area (Å²) in [6.07, 6.45) is 7.57. The van der Waals surface area contributed by atoms with Crippen molar-refractivity contribution in [3.05, 3.63) is 144 Å². The predicted octanol–water partition coefficient (Wildman–Crippen LogP) is 9.86. The lowest BCUT2D eigenvalue weighted by Gasteiger charge is -2.16. The Morgan fingerprint density at radius 2 is 1.64 bits per heavy atom. The molecule has 0 bridgehead atoms. The molecule has 1 aliphatic carbocycles. The van der Waals surface area contributed by atoms with Crippen molar-refractivity contribution in [3.63, 3.8) is 0 Å². The number of aromatic nitrogens is 1. The van der Waals surface area contributed by atoms with E-state index < -0.39 is 0 Å². The van der Waals surface area contributed by atoms with Crippen LogP contribution in [0.2, 0.25) is 0 Å². The third kappa shape index (κ3) is 5.15. The van der Waals surface area contributed by atoms with Crippen molar-refractivity contribution in [2.45, 2.75) is 19.3 Å². The molecule has 2 unspecified atom stereocenters. The second-order valence-corrected chi connectivity index (χ2v) is 11.2. The highest BCUT2D eigenvalue weighted by Crippen LogP contribution is 2.39. The van der Waals surface area contributed by atoms with Crippen LogP contribution < -0.4 is 5.32 Å². The Kier molecular flexibility index (Phi) is 6.73. The first-order valence-corrected chi connectivity index (χ1v) is 14.5. The van der Waals surface area contributed by atoms with Gasteiger partial charge < -0.3 is 10.3 Å². The van der Waals surface area contributed by atoms with Gasteiger partial charge in [-0.15, -0.1) is 0 Å². The molecule has 0 fully saturated rings. The van der Waals surface area contributed by atoms with Gasteiger partial charge in [-0.2, -0.15) is 0 Å². The number of rotatable bonds is 6. The standard InChI is InChI=1S/C38H32N4/c1-25-17-18-28(19-25)27-11-7-12-29(20-27)33-22-34-32-15-5-6-16-35(32)42-37(34)23-36(33)41-31-14-8-13-30(21-31)38(39)40-24-26-9-3-2-4-10-26/h2-18,20-25,28,39,41-42H,19H2,1H3/b39-38?,40-24+. The van der Waals surface area contributed by atoms with E-state index >= 15 is 0 Å². The number of H-pyrrole nitrogens is 1. The van der Waals surface area contributed by atoms with Gasteiger partial charge in [-0.3, -0.25) is 5.41 Å². The minimum atomic E-state index is 0.223. The molecular formula is C38H32N4. The van der Waals surface area contributed by atoms with E-state index in [0.717, 1.165) is 45.5 Å². The summed E-state index contributed by atoms with van der Waals surface area (Å²) in [6.45, 7) is 2.29. The van der Waals surface area contributed by atoms with Crippen molar-refractivity contribution in [2.75, 3.05) is 5.32 Å². The van der Waals surface area contributed by atoms with Crippen LogP contribution in [0, 0.1) is 11.3 Å². The van der Waals surface area contributed by atoms with E-state index in [9.17, 15) is 0 Å². The lowest BCUT2D eigenvalue weighted by molar-refractivity contribution is 0.648. The van der Waals surface area contributed by atoms with Crippen LogP contribution in [-0.2, 0) is 0 Å². The highest BCUT2D eigenvalue weighted by atomic mass is 14.9. The molecule has 0 aliphatic heterocycles. The number of hydrogen-bond acceptors (Lipinski definition) is 2. The van der Waals surface area contributed by atoms with E-state index in [-0.39, 0.29) is 5.84 Å². The summed E-state index contributed by atoms with van der Waals surface area (Å²) in [5.41, 5.74) is 9.54. The minimum absolute atomic E-state index is 0.223. The highest BCUT2D eigenvalue weighted by Gasteiger charge is 2.19. The largest absolute Gasteiger partial charge is 0.355 e. The summed E-state index contributed by atoms with van der Waals surface area (Å²) in [5, 5.41) is 14.7. The summed E-state index contributed by atoms with van der Waals surface area (Å²) in [5.74, 6) is 1.29. The van der Waals surface area contributed by atoms with E-state index in [1.807, 2.05) is 54.6 Å². The Morgan fingerprint density at radius 3 is 2.50 bits per heavy atom. The van der Waals surface area contributed by atoms with Crippen LogP contribution >= 0.6 is 0 Å². The number of nitrogens with one attached hydrogen (secondary N) is 3. The summed E-state index contributed by atoms with van der Waals surface area (Å²) >= 11 is 0. The molecule has 1 aromatic heterocycles. The van der Waals surface area contributed by atoms with Gasteiger partial charge in [0.1, 0.15) is 0 Å². The number of amidine groups is 1. The number of fused-ring (bicyclic) bond motifs is 3. The van der Waals surface area contributed by atoms with E-state index in [4.69, 9.17) is 5.41 Å². The van der Waals surface area contributed by atoms with Gasteiger partial charge in [-0.05, 0) is 59.4 Å². The Hall–Kier alpha value is -5.22. The van der Waals surface area contributed by atoms with E-state index in [1.165, 1.54) is 21.9 Å². The maximum absolute atomic E-state index is 8.59. The Balaban J connectivity index is 1.28. The fraction of sp³-hybridized carbons (Fsp3) is 0.105. The minimum Gasteiger partial charge on any atom is -0.355 e. The first-order valence-electron chi connectivity index (χ1n) is 14.5. The maximum Gasteiger partial charge on any atom is 0.151 e. The summed E-state index contributed by atoms with van der Waals surface area (Å²) in [6, 6.07) is 39.8. The van der Waals surface area contributed by atoms with Crippen LogP contribution in [0.3, 0.4) is 0 Å². The van der Waals surface area contributed by atoms with E-state index in [2.05, 4.69) is 95.0 Å². The second kappa shape index (κ2) is 11.0. The molecule has 2 atom stereocenters. The van der Waals surface area contributed by atoms with Crippen molar-refractivity contribution in [1.29, 1.82) is 5.41 Å². The van der Waals surface area contributed by atoms with Gasteiger partial charge in [-0.25, -0.2) is 4.99 Å². The zero-order valence-electron chi connectivity index (χ0n) is 23.5. The van der Waals surface area contributed by atoms with Crippen molar-refractivity contribution >= 4 is 45.2 Å². The smallest absolute Gasteiger partial charge is 0.151 e. The fourth-order valence-corrected chi connectivity index (χ4v) is 5.96. The molecule has 1 heterocycles. The summed E-state index contributed by atoms with van der Waals surface area (Å²) < 4.78 is 0. The molecule has 1 aliphatic rings. The maximum atomic E-state index is 8.59. The number of anilines is 2. The Labute approximate surface area is 246 Å². The average Bonchev–Trinajstić information content (AvgIpc) is 3.63. The SMILES string of the molecule is CC1C=CC(c2cccc(-c3cc4c(cc3Nc3cccc(C(=N)/N=C/c5ccccc5)c3)[nH]c3ccccc34)c2)C1. The third-order valence-corrected chi connectivity index (χ3v) is 8.13. The lowest BCUT2D eigenvalue weighted by Crippen LogP contribution is -1.99. The molecule has 0 radical (unpaired) electrons.